The molecule has 0 aliphatic carbocycles. The van der Waals surface area contributed by atoms with Crippen LogP contribution in [0.4, 0.5) is 5.69 Å². The van der Waals surface area contributed by atoms with Gasteiger partial charge < -0.3 is 11.1 Å². The summed E-state index contributed by atoms with van der Waals surface area (Å²) in [5.74, 6) is 0.375. The zero-order valence-corrected chi connectivity index (χ0v) is 9.16. The molecule has 0 atom stereocenters. The van der Waals surface area contributed by atoms with Gasteiger partial charge in [-0.2, -0.15) is 0 Å². The first-order valence-corrected chi connectivity index (χ1v) is 5.10. The van der Waals surface area contributed by atoms with Crippen LogP contribution in [0.5, 0.6) is 0 Å². The van der Waals surface area contributed by atoms with Gasteiger partial charge in [0, 0.05) is 12.7 Å². The molecule has 0 spiro atoms. The number of hydrogen-bond acceptors (Lipinski definition) is 3. The summed E-state index contributed by atoms with van der Waals surface area (Å²) in [7, 11) is 0. The van der Waals surface area contributed by atoms with Crippen molar-refractivity contribution in [1.29, 1.82) is 0 Å². The van der Waals surface area contributed by atoms with Gasteiger partial charge in [0.25, 0.3) is 5.91 Å². The first kappa shape index (κ1) is 11.5. The van der Waals surface area contributed by atoms with Crippen LogP contribution in [-0.2, 0) is 0 Å². The summed E-state index contributed by atoms with van der Waals surface area (Å²) in [6.07, 6.45) is 2.52. The molecule has 0 fully saturated rings. The van der Waals surface area contributed by atoms with Crippen LogP contribution in [0, 0.1) is 5.92 Å². The molecule has 1 aromatic heterocycles. The van der Waals surface area contributed by atoms with Crippen molar-refractivity contribution in [3.8, 4) is 0 Å². The van der Waals surface area contributed by atoms with Crippen LogP contribution in [0.1, 0.15) is 30.8 Å². The monoisotopic (exact) mass is 207 g/mol. The van der Waals surface area contributed by atoms with Crippen LogP contribution in [0.2, 0.25) is 0 Å². The third-order valence-corrected chi connectivity index (χ3v) is 2.06. The minimum atomic E-state index is -0.200. The second kappa shape index (κ2) is 5.34. The summed E-state index contributed by atoms with van der Waals surface area (Å²) in [6.45, 7) is 4.88. The summed E-state index contributed by atoms with van der Waals surface area (Å²) in [5.41, 5.74) is 6.35. The maximum Gasteiger partial charge on any atom is 0.272 e. The van der Waals surface area contributed by atoms with E-state index in [9.17, 15) is 4.79 Å². The maximum atomic E-state index is 11.6. The summed E-state index contributed by atoms with van der Waals surface area (Å²) in [6, 6.07) is 3.38. The minimum absolute atomic E-state index is 0.200. The van der Waals surface area contributed by atoms with Gasteiger partial charge in [0.1, 0.15) is 0 Å². The molecule has 1 amide bonds. The van der Waals surface area contributed by atoms with Gasteiger partial charge in [0.2, 0.25) is 0 Å². The smallest absolute Gasteiger partial charge is 0.272 e. The number of nitrogens with two attached hydrogens (primary N) is 1. The third kappa shape index (κ3) is 3.58. The number of hydrogen-bond donors (Lipinski definition) is 2. The SMILES string of the molecule is CC(C)CCNC(=O)c1ncccc1N. The molecule has 0 aliphatic heterocycles. The van der Waals surface area contributed by atoms with Gasteiger partial charge in [0.05, 0.1) is 5.69 Å². The van der Waals surface area contributed by atoms with Gasteiger partial charge in [0.15, 0.2) is 5.69 Å². The highest BCUT2D eigenvalue weighted by Gasteiger charge is 2.09. The van der Waals surface area contributed by atoms with Crippen molar-refractivity contribution in [2.24, 2.45) is 5.92 Å². The fourth-order valence-electron chi connectivity index (χ4n) is 1.17. The number of nitrogen functional groups attached to an aromatic ring is 1. The molecule has 3 N–H and O–H groups in total. The predicted octanol–water partition coefficient (Wildman–Crippen LogP) is 1.44. The molecule has 82 valence electrons. The number of carbonyl (C=O) groups excluding carboxylic acids is 1. The Hall–Kier alpha value is -1.58. The lowest BCUT2D eigenvalue weighted by molar-refractivity contribution is 0.0948. The number of carbonyl (C=O) groups is 1. The Balaban J connectivity index is 2.51. The molecule has 0 unspecified atom stereocenters. The molecule has 0 radical (unpaired) electrons. The molecule has 4 nitrogen and oxygen atoms in total. The Morgan fingerprint density at radius 2 is 2.33 bits per heavy atom. The average Bonchev–Trinajstić information content (AvgIpc) is 2.17. The highest BCUT2D eigenvalue weighted by Crippen LogP contribution is 2.06. The predicted molar refractivity (Wildman–Crippen MR) is 60.4 cm³/mol. The summed E-state index contributed by atoms with van der Waals surface area (Å²) < 4.78 is 0. The lowest BCUT2D eigenvalue weighted by atomic mass is 10.1. The van der Waals surface area contributed by atoms with E-state index in [-0.39, 0.29) is 5.91 Å². The van der Waals surface area contributed by atoms with Gasteiger partial charge in [-0.25, -0.2) is 4.98 Å². The van der Waals surface area contributed by atoms with Crippen molar-refractivity contribution in [2.75, 3.05) is 12.3 Å². The first-order chi connectivity index (χ1) is 7.11. The van der Waals surface area contributed by atoms with E-state index in [0.29, 0.717) is 23.8 Å². The van der Waals surface area contributed by atoms with Crippen molar-refractivity contribution < 1.29 is 4.79 Å². The molecule has 1 aromatic rings. The van der Waals surface area contributed by atoms with E-state index in [0.717, 1.165) is 6.42 Å². The number of pyridine rings is 1. The van der Waals surface area contributed by atoms with Gasteiger partial charge in [-0.3, -0.25) is 4.79 Å². The summed E-state index contributed by atoms with van der Waals surface area (Å²) in [4.78, 5) is 15.5. The van der Waals surface area contributed by atoms with Crippen LogP contribution in [0.15, 0.2) is 18.3 Å². The second-order valence-corrected chi connectivity index (χ2v) is 3.88. The van der Waals surface area contributed by atoms with E-state index < -0.39 is 0 Å². The Kier molecular flexibility index (Phi) is 4.09. The van der Waals surface area contributed by atoms with Crippen molar-refractivity contribution in [3.05, 3.63) is 24.0 Å². The molecule has 0 saturated carbocycles. The van der Waals surface area contributed by atoms with Crippen LogP contribution in [-0.4, -0.2) is 17.4 Å². The van der Waals surface area contributed by atoms with Crippen molar-refractivity contribution >= 4 is 11.6 Å². The average molecular weight is 207 g/mol. The zero-order valence-electron chi connectivity index (χ0n) is 9.16. The number of amides is 1. The quantitative estimate of drug-likeness (QED) is 0.785. The van der Waals surface area contributed by atoms with E-state index >= 15 is 0 Å². The van der Waals surface area contributed by atoms with E-state index in [4.69, 9.17) is 5.73 Å². The number of nitrogens with one attached hydrogen (secondary N) is 1. The second-order valence-electron chi connectivity index (χ2n) is 3.88. The normalized spacial score (nSPS) is 10.3. The minimum Gasteiger partial charge on any atom is -0.397 e. The molecule has 1 heterocycles. The molecule has 0 saturated heterocycles. The Morgan fingerprint density at radius 3 is 2.93 bits per heavy atom. The number of rotatable bonds is 4. The number of aromatic nitrogens is 1. The molecule has 4 heteroatoms. The summed E-state index contributed by atoms with van der Waals surface area (Å²) >= 11 is 0. The fraction of sp³-hybridized carbons (Fsp3) is 0.455. The van der Waals surface area contributed by atoms with Gasteiger partial charge >= 0.3 is 0 Å². The van der Waals surface area contributed by atoms with Crippen molar-refractivity contribution in [3.63, 3.8) is 0 Å². The van der Waals surface area contributed by atoms with Crippen LogP contribution in [0.3, 0.4) is 0 Å². The molecule has 15 heavy (non-hydrogen) atoms. The number of anilines is 1. The lowest BCUT2D eigenvalue weighted by Crippen LogP contribution is -2.27. The van der Waals surface area contributed by atoms with Crippen molar-refractivity contribution in [1.82, 2.24) is 10.3 Å². The third-order valence-electron chi connectivity index (χ3n) is 2.06. The largest absolute Gasteiger partial charge is 0.397 e. The Morgan fingerprint density at radius 1 is 1.60 bits per heavy atom. The first-order valence-electron chi connectivity index (χ1n) is 5.10. The van der Waals surface area contributed by atoms with Crippen LogP contribution >= 0.6 is 0 Å². The van der Waals surface area contributed by atoms with Gasteiger partial charge in [-0.1, -0.05) is 13.8 Å². The summed E-state index contributed by atoms with van der Waals surface area (Å²) in [5, 5.41) is 2.79. The van der Waals surface area contributed by atoms with E-state index in [1.165, 1.54) is 0 Å². The van der Waals surface area contributed by atoms with E-state index in [1.807, 2.05) is 0 Å². The topological polar surface area (TPSA) is 68.0 Å². The lowest BCUT2D eigenvalue weighted by Gasteiger charge is -2.07. The van der Waals surface area contributed by atoms with E-state index in [1.54, 1.807) is 18.3 Å². The highest BCUT2D eigenvalue weighted by atomic mass is 16.1. The van der Waals surface area contributed by atoms with Gasteiger partial charge in [-0.15, -0.1) is 0 Å². The van der Waals surface area contributed by atoms with E-state index in [2.05, 4.69) is 24.1 Å². The van der Waals surface area contributed by atoms with Crippen molar-refractivity contribution in [2.45, 2.75) is 20.3 Å². The van der Waals surface area contributed by atoms with Gasteiger partial charge in [-0.05, 0) is 24.5 Å². The zero-order chi connectivity index (χ0) is 11.3. The fourth-order valence-corrected chi connectivity index (χ4v) is 1.17. The maximum absolute atomic E-state index is 11.6. The molecule has 0 aliphatic rings. The molecule has 0 bridgehead atoms. The number of nitrogens with zero attached hydrogens (tertiary/aromatic N) is 1. The van der Waals surface area contributed by atoms with Crippen LogP contribution in [0.25, 0.3) is 0 Å². The Bertz CT molecular complexity index is 336. The Labute approximate surface area is 89.9 Å². The molecule has 1 rings (SSSR count). The highest BCUT2D eigenvalue weighted by molar-refractivity contribution is 5.96. The molecule has 0 aromatic carbocycles. The van der Waals surface area contributed by atoms with Crippen LogP contribution < -0.4 is 11.1 Å². The molecular formula is C11H17N3O. The molecular weight excluding hydrogens is 190 g/mol. The standard InChI is InChI=1S/C11H17N3O/c1-8(2)5-7-14-11(15)10-9(12)4-3-6-13-10/h3-4,6,8H,5,7,12H2,1-2H3,(H,14,15).